The molecule has 2 aliphatic heterocycles. The third-order valence-corrected chi connectivity index (χ3v) is 5.06. The molecule has 122 valence electrons. The summed E-state index contributed by atoms with van der Waals surface area (Å²) in [7, 11) is 0. The average molecular weight is 315 g/mol. The molecule has 6 heteroatoms. The summed E-state index contributed by atoms with van der Waals surface area (Å²) < 4.78 is 0. The SMILES string of the molecule is O=C(NC1CC1)N1C[C@@H]2[C@H](O)C(=O)N(Cc3ccccc3)[C@@H]2C1. The number of urea groups is 1. The molecule has 3 amide bonds. The lowest BCUT2D eigenvalue weighted by Gasteiger charge is -2.25. The molecule has 6 nitrogen and oxygen atoms in total. The minimum absolute atomic E-state index is 0.0683. The highest BCUT2D eigenvalue weighted by atomic mass is 16.3. The maximum absolute atomic E-state index is 12.3. The molecule has 23 heavy (non-hydrogen) atoms. The summed E-state index contributed by atoms with van der Waals surface area (Å²) in [6, 6.07) is 9.91. The number of aliphatic hydroxyl groups is 1. The highest BCUT2D eigenvalue weighted by Crippen LogP contribution is 2.34. The third-order valence-electron chi connectivity index (χ3n) is 5.06. The Bertz CT molecular complexity index is 617. The van der Waals surface area contributed by atoms with Crippen LogP contribution in [-0.2, 0) is 11.3 Å². The van der Waals surface area contributed by atoms with Crippen molar-refractivity contribution >= 4 is 11.9 Å². The quantitative estimate of drug-likeness (QED) is 0.856. The molecule has 0 spiro atoms. The third kappa shape index (κ3) is 2.67. The van der Waals surface area contributed by atoms with E-state index < -0.39 is 6.10 Å². The van der Waals surface area contributed by atoms with Crippen LogP contribution in [0, 0.1) is 5.92 Å². The Morgan fingerprint density at radius 3 is 2.65 bits per heavy atom. The van der Waals surface area contributed by atoms with Crippen molar-refractivity contribution in [3.05, 3.63) is 35.9 Å². The van der Waals surface area contributed by atoms with Gasteiger partial charge in [-0.2, -0.15) is 0 Å². The van der Waals surface area contributed by atoms with Crippen LogP contribution in [0.15, 0.2) is 30.3 Å². The number of hydrogen-bond donors (Lipinski definition) is 2. The number of carbonyl (C=O) groups is 2. The Labute approximate surface area is 135 Å². The van der Waals surface area contributed by atoms with E-state index in [2.05, 4.69) is 5.32 Å². The molecule has 3 aliphatic rings. The molecule has 2 heterocycles. The number of benzene rings is 1. The van der Waals surface area contributed by atoms with Crippen molar-refractivity contribution in [1.29, 1.82) is 0 Å². The normalized spacial score (nSPS) is 29.8. The van der Waals surface area contributed by atoms with Crippen LogP contribution >= 0.6 is 0 Å². The average Bonchev–Trinajstić information content (AvgIpc) is 3.21. The molecule has 3 fully saturated rings. The van der Waals surface area contributed by atoms with Gasteiger partial charge in [0, 0.05) is 31.6 Å². The molecule has 2 N–H and O–H groups in total. The topological polar surface area (TPSA) is 72.9 Å². The second-order valence-electron chi connectivity index (χ2n) is 6.76. The standard InChI is InChI=1S/C17H21N3O3/c21-15-13-9-19(17(23)18-12-6-7-12)10-14(13)20(16(15)22)8-11-4-2-1-3-5-11/h1-5,12-15,21H,6-10H2,(H,18,23)/t13-,14+,15-/m0/s1. The molecule has 1 aromatic rings. The van der Waals surface area contributed by atoms with Gasteiger partial charge in [-0.15, -0.1) is 0 Å². The number of likely N-dealkylation sites (tertiary alicyclic amines) is 2. The number of aliphatic hydroxyl groups excluding tert-OH is 1. The zero-order valence-electron chi connectivity index (χ0n) is 12.9. The minimum Gasteiger partial charge on any atom is -0.383 e. The maximum Gasteiger partial charge on any atom is 0.317 e. The van der Waals surface area contributed by atoms with Crippen molar-refractivity contribution in [2.24, 2.45) is 5.92 Å². The van der Waals surface area contributed by atoms with E-state index in [-0.39, 0.29) is 23.9 Å². The van der Waals surface area contributed by atoms with Crippen molar-refractivity contribution < 1.29 is 14.7 Å². The summed E-state index contributed by atoms with van der Waals surface area (Å²) in [6.07, 6.45) is 1.10. The van der Waals surface area contributed by atoms with Crippen LogP contribution in [0.2, 0.25) is 0 Å². The predicted octanol–water partition coefficient (Wildman–Crippen LogP) is 0.562. The van der Waals surface area contributed by atoms with Gasteiger partial charge in [-0.25, -0.2) is 4.79 Å². The molecule has 4 rings (SSSR count). The van der Waals surface area contributed by atoms with Crippen molar-refractivity contribution in [3.63, 3.8) is 0 Å². The number of carbonyl (C=O) groups excluding carboxylic acids is 2. The Morgan fingerprint density at radius 1 is 1.22 bits per heavy atom. The van der Waals surface area contributed by atoms with Gasteiger partial charge in [0.15, 0.2) is 0 Å². The van der Waals surface area contributed by atoms with Gasteiger partial charge in [0.25, 0.3) is 5.91 Å². The highest BCUT2D eigenvalue weighted by molar-refractivity contribution is 5.85. The van der Waals surface area contributed by atoms with E-state index in [1.54, 1.807) is 9.80 Å². The van der Waals surface area contributed by atoms with Gasteiger partial charge in [0.05, 0.1) is 6.04 Å². The number of fused-ring (bicyclic) bond motifs is 1. The lowest BCUT2D eigenvalue weighted by molar-refractivity contribution is -0.136. The van der Waals surface area contributed by atoms with Crippen LogP contribution in [0.5, 0.6) is 0 Å². The number of rotatable bonds is 3. The fourth-order valence-electron chi connectivity index (χ4n) is 3.60. The van der Waals surface area contributed by atoms with Crippen molar-refractivity contribution in [3.8, 4) is 0 Å². The zero-order chi connectivity index (χ0) is 16.0. The molecule has 1 aromatic carbocycles. The smallest absolute Gasteiger partial charge is 0.317 e. The van der Waals surface area contributed by atoms with Crippen LogP contribution in [0.25, 0.3) is 0 Å². The molecule has 2 saturated heterocycles. The molecule has 1 aliphatic carbocycles. The largest absolute Gasteiger partial charge is 0.383 e. The Morgan fingerprint density at radius 2 is 1.96 bits per heavy atom. The molecular formula is C17H21N3O3. The lowest BCUT2D eigenvalue weighted by atomic mass is 10.0. The first-order valence-corrected chi connectivity index (χ1v) is 8.21. The Kier molecular flexibility index (Phi) is 3.49. The van der Waals surface area contributed by atoms with E-state index in [9.17, 15) is 14.7 Å². The van der Waals surface area contributed by atoms with E-state index in [0.29, 0.717) is 25.7 Å². The summed E-state index contributed by atoms with van der Waals surface area (Å²) in [5.41, 5.74) is 1.04. The first kappa shape index (κ1) is 14.5. The molecule has 3 atom stereocenters. The van der Waals surface area contributed by atoms with Gasteiger partial charge in [-0.3, -0.25) is 4.79 Å². The van der Waals surface area contributed by atoms with E-state index >= 15 is 0 Å². The Balaban J connectivity index is 1.47. The summed E-state index contributed by atoms with van der Waals surface area (Å²) in [6.45, 7) is 1.43. The Hall–Kier alpha value is -2.08. The van der Waals surface area contributed by atoms with E-state index in [0.717, 1.165) is 18.4 Å². The van der Waals surface area contributed by atoms with E-state index in [1.807, 2.05) is 30.3 Å². The summed E-state index contributed by atoms with van der Waals surface area (Å²) >= 11 is 0. The van der Waals surface area contributed by atoms with E-state index in [4.69, 9.17) is 0 Å². The maximum atomic E-state index is 12.3. The van der Waals surface area contributed by atoms with Gasteiger partial charge in [0.1, 0.15) is 6.10 Å². The van der Waals surface area contributed by atoms with Gasteiger partial charge in [-0.05, 0) is 18.4 Å². The van der Waals surface area contributed by atoms with Crippen molar-refractivity contribution in [1.82, 2.24) is 15.1 Å². The summed E-state index contributed by atoms with van der Waals surface area (Å²) in [4.78, 5) is 28.0. The zero-order valence-corrected chi connectivity index (χ0v) is 12.9. The molecule has 0 aromatic heterocycles. The number of nitrogens with zero attached hydrogens (tertiary/aromatic N) is 2. The predicted molar refractivity (Wildman–Crippen MR) is 83.4 cm³/mol. The number of amides is 3. The molecule has 1 saturated carbocycles. The van der Waals surface area contributed by atoms with Gasteiger partial charge < -0.3 is 20.2 Å². The lowest BCUT2D eigenvalue weighted by Crippen LogP contribution is -2.44. The number of hydrogen-bond acceptors (Lipinski definition) is 3. The fraction of sp³-hybridized carbons (Fsp3) is 0.529. The van der Waals surface area contributed by atoms with Crippen molar-refractivity contribution in [2.45, 2.75) is 37.6 Å². The van der Waals surface area contributed by atoms with E-state index in [1.165, 1.54) is 0 Å². The molecular weight excluding hydrogens is 294 g/mol. The van der Waals surface area contributed by atoms with Crippen LogP contribution in [0.1, 0.15) is 18.4 Å². The van der Waals surface area contributed by atoms with Crippen LogP contribution < -0.4 is 5.32 Å². The summed E-state index contributed by atoms with van der Waals surface area (Å²) in [5.74, 6) is -0.401. The second-order valence-corrected chi connectivity index (χ2v) is 6.76. The highest BCUT2D eigenvalue weighted by Gasteiger charge is 2.52. The number of nitrogens with one attached hydrogen (secondary N) is 1. The fourth-order valence-corrected chi connectivity index (χ4v) is 3.60. The molecule has 0 unspecified atom stereocenters. The van der Waals surface area contributed by atoms with Gasteiger partial charge in [0.2, 0.25) is 0 Å². The minimum atomic E-state index is -0.998. The summed E-state index contributed by atoms with van der Waals surface area (Å²) in [5, 5.41) is 13.2. The first-order valence-electron chi connectivity index (χ1n) is 8.21. The first-order chi connectivity index (χ1) is 11.1. The van der Waals surface area contributed by atoms with Crippen LogP contribution in [0.4, 0.5) is 4.79 Å². The van der Waals surface area contributed by atoms with Gasteiger partial charge in [-0.1, -0.05) is 30.3 Å². The van der Waals surface area contributed by atoms with Crippen LogP contribution in [-0.4, -0.2) is 58.1 Å². The second kappa shape index (κ2) is 5.53. The monoisotopic (exact) mass is 315 g/mol. The van der Waals surface area contributed by atoms with Crippen molar-refractivity contribution in [2.75, 3.05) is 13.1 Å². The van der Waals surface area contributed by atoms with Gasteiger partial charge >= 0.3 is 6.03 Å². The molecule has 0 radical (unpaired) electrons. The molecule has 0 bridgehead atoms. The van der Waals surface area contributed by atoms with Crippen LogP contribution in [0.3, 0.4) is 0 Å².